The lowest BCUT2D eigenvalue weighted by molar-refractivity contribution is -0.961. The average molecular weight is 290 g/mol. The van der Waals surface area contributed by atoms with Gasteiger partial charge in [0.2, 0.25) is 0 Å². The van der Waals surface area contributed by atoms with Crippen LogP contribution in [0, 0.1) is 5.92 Å². The van der Waals surface area contributed by atoms with Crippen LogP contribution in [0.25, 0.3) is 0 Å². The minimum absolute atomic E-state index is 0.148. The molecule has 0 saturated carbocycles. The highest BCUT2D eigenvalue weighted by atomic mass is 16.6. The Balaban J connectivity index is 2.42. The first-order valence-electron chi connectivity index (χ1n) is 7.83. The van der Waals surface area contributed by atoms with Crippen molar-refractivity contribution in [1.29, 1.82) is 0 Å². The fourth-order valence-corrected chi connectivity index (χ4v) is 3.49. The molecule has 0 radical (unpaired) electrons. The fourth-order valence-electron chi connectivity index (χ4n) is 3.49. The Morgan fingerprint density at radius 1 is 1.29 bits per heavy atom. The Kier molecular flexibility index (Phi) is 4.43. The molecule has 21 heavy (non-hydrogen) atoms. The van der Waals surface area contributed by atoms with Gasteiger partial charge < -0.3 is 9.64 Å². The molecule has 3 nitrogen and oxygen atoms in total. The average Bonchev–Trinajstić information content (AvgIpc) is 2.37. The van der Waals surface area contributed by atoms with Crippen molar-refractivity contribution >= 4 is 5.97 Å². The molecule has 0 amide bonds. The molecule has 116 valence electrons. The van der Waals surface area contributed by atoms with E-state index in [1.54, 1.807) is 0 Å². The van der Waals surface area contributed by atoms with Crippen LogP contribution >= 0.6 is 0 Å². The quantitative estimate of drug-likeness (QED) is 0.846. The predicted molar refractivity (Wildman–Crippen MR) is 84.1 cm³/mol. The molecule has 0 bridgehead atoms. The molecule has 1 unspecified atom stereocenters. The van der Waals surface area contributed by atoms with E-state index in [0.717, 1.165) is 25.1 Å². The molecule has 0 aromatic heterocycles. The number of hydrogen-bond donors (Lipinski definition) is 1. The Morgan fingerprint density at radius 3 is 2.43 bits per heavy atom. The van der Waals surface area contributed by atoms with Crippen molar-refractivity contribution in [2.45, 2.75) is 52.2 Å². The number of quaternary nitrogens is 1. The molecule has 2 rings (SSSR count). The van der Waals surface area contributed by atoms with Crippen molar-refractivity contribution in [1.82, 2.24) is 0 Å². The van der Waals surface area contributed by atoms with Gasteiger partial charge in [-0.05, 0) is 20.8 Å². The van der Waals surface area contributed by atoms with Gasteiger partial charge in [0.1, 0.15) is 6.54 Å². The summed E-state index contributed by atoms with van der Waals surface area (Å²) in [6.45, 7) is 12.5. The molecule has 0 spiro atoms. The number of nitrogens with one attached hydrogen (secondary N) is 1. The highest BCUT2D eigenvalue weighted by Gasteiger charge is 2.48. The molecule has 3 atom stereocenters. The molecule has 1 heterocycles. The van der Waals surface area contributed by atoms with E-state index in [0.29, 0.717) is 5.92 Å². The number of hydrogen-bond acceptors (Lipinski definition) is 2. The largest absolute Gasteiger partial charge is 0.448 e. The summed E-state index contributed by atoms with van der Waals surface area (Å²) < 4.78 is 5.90. The zero-order chi connectivity index (χ0) is 15.7. The molecule has 0 aliphatic carbocycles. The molecule has 1 aliphatic heterocycles. The van der Waals surface area contributed by atoms with Crippen molar-refractivity contribution in [2.75, 3.05) is 13.1 Å². The molecule has 1 N–H and O–H groups in total. The Hall–Kier alpha value is -1.35. The number of benzene rings is 1. The minimum Gasteiger partial charge on any atom is -0.448 e. The zero-order valence-corrected chi connectivity index (χ0v) is 13.9. The van der Waals surface area contributed by atoms with Crippen molar-refractivity contribution in [3.8, 4) is 0 Å². The summed E-state index contributed by atoms with van der Waals surface area (Å²) in [6.07, 6.45) is 0.899. The van der Waals surface area contributed by atoms with Gasteiger partial charge in [-0.2, -0.15) is 0 Å². The van der Waals surface area contributed by atoms with Gasteiger partial charge in [-0.25, -0.2) is 0 Å². The summed E-state index contributed by atoms with van der Waals surface area (Å²) in [6, 6.07) is 10.2. The number of piperidine rings is 1. The van der Waals surface area contributed by atoms with Gasteiger partial charge >= 0.3 is 5.97 Å². The van der Waals surface area contributed by atoms with E-state index < -0.39 is 5.60 Å². The van der Waals surface area contributed by atoms with Gasteiger partial charge in [0, 0.05) is 24.8 Å². The third-order valence-electron chi connectivity index (χ3n) is 4.47. The van der Waals surface area contributed by atoms with Crippen LogP contribution in [0.1, 0.15) is 46.6 Å². The van der Waals surface area contributed by atoms with E-state index in [2.05, 4.69) is 39.8 Å². The van der Waals surface area contributed by atoms with Gasteiger partial charge in [0.15, 0.2) is 5.60 Å². The van der Waals surface area contributed by atoms with Crippen LogP contribution in [0.4, 0.5) is 0 Å². The summed E-state index contributed by atoms with van der Waals surface area (Å²) in [7, 11) is 0. The smallest absolute Gasteiger partial charge is 0.303 e. The lowest BCUT2D eigenvalue weighted by atomic mass is 9.79. The molecular weight excluding hydrogens is 262 g/mol. The topological polar surface area (TPSA) is 30.7 Å². The second kappa shape index (κ2) is 5.80. The molecule has 1 aliphatic rings. The Morgan fingerprint density at radius 2 is 1.90 bits per heavy atom. The van der Waals surface area contributed by atoms with E-state index in [-0.39, 0.29) is 11.5 Å². The monoisotopic (exact) mass is 290 g/mol. The summed E-state index contributed by atoms with van der Waals surface area (Å²) >= 11 is 0. The number of likely N-dealkylation sites (tertiary alicyclic amines) is 1. The van der Waals surface area contributed by atoms with Gasteiger partial charge in [-0.15, -0.1) is 0 Å². The fraction of sp³-hybridized carbons (Fsp3) is 0.611. The van der Waals surface area contributed by atoms with Crippen molar-refractivity contribution < 1.29 is 14.4 Å². The van der Waals surface area contributed by atoms with Gasteiger partial charge in [-0.3, -0.25) is 4.79 Å². The van der Waals surface area contributed by atoms with Crippen LogP contribution in [-0.2, 0) is 15.1 Å². The predicted octanol–water partition coefficient (Wildman–Crippen LogP) is 2.17. The number of esters is 1. The molecule has 1 aromatic carbocycles. The number of carbonyl (C=O) groups is 1. The SMILES string of the molecule is CC(=O)O[C@@]1(c2ccccc2)C[C@@H](C)C[NH+](C(C)(C)C)C1. The molecule has 1 aromatic rings. The van der Waals surface area contributed by atoms with Crippen LogP contribution in [0.15, 0.2) is 30.3 Å². The van der Waals surface area contributed by atoms with Crippen molar-refractivity contribution in [3.63, 3.8) is 0 Å². The molecular formula is C18H28NO2+. The third kappa shape index (κ3) is 3.65. The number of rotatable bonds is 2. The first-order chi connectivity index (χ1) is 9.73. The number of ether oxygens (including phenoxy) is 1. The molecule has 1 saturated heterocycles. The van der Waals surface area contributed by atoms with Crippen molar-refractivity contribution in [3.05, 3.63) is 35.9 Å². The summed E-state index contributed by atoms with van der Waals surface area (Å²) in [5.74, 6) is 0.328. The first kappa shape index (κ1) is 16.0. The second-order valence-corrected chi connectivity index (χ2v) is 7.50. The van der Waals surface area contributed by atoms with Gasteiger partial charge in [0.05, 0.1) is 12.1 Å². The van der Waals surface area contributed by atoms with Crippen LogP contribution in [-0.4, -0.2) is 24.6 Å². The maximum atomic E-state index is 11.7. The zero-order valence-electron chi connectivity index (χ0n) is 13.9. The highest BCUT2D eigenvalue weighted by Crippen LogP contribution is 2.34. The molecule has 1 fully saturated rings. The maximum absolute atomic E-state index is 11.7. The van der Waals surface area contributed by atoms with Crippen LogP contribution in [0.5, 0.6) is 0 Å². The Bertz CT molecular complexity index is 492. The third-order valence-corrected chi connectivity index (χ3v) is 4.47. The van der Waals surface area contributed by atoms with E-state index in [4.69, 9.17) is 4.74 Å². The lowest BCUT2D eigenvalue weighted by Crippen LogP contribution is -3.21. The number of carbonyl (C=O) groups excluding carboxylic acids is 1. The first-order valence-corrected chi connectivity index (χ1v) is 7.83. The standard InChI is InChI=1S/C18H27NO2/c1-14-11-18(21-15(2)20,16-9-7-6-8-10-16)13-19(12-14)17(3,4)5/h6-10,14H,11-13H2,1-5H3/p+1/t14-,18+/m1/s1. The Labute approximate surface area is 128 Å². The lowest BCUT2D eigenvalue weighted by Gasteiger charge is -2.46. The summed E-state index contributed by atoms with van der Waals surface area (Å²) in [4.78, 5) is 13.2. The second-order valence-electron chi connectivity index (χ2n) is 7.50. The normalized spacial score (nSPS) is 30.0. The molecule has 3 heteroatoms. The van der Waals surface area contributed by atoms with Crippen LogP contribution in [0.3, 0.4) is 0 Å². The van der Waals surface area contributed by atoms with Crippen LogP contribution < -0.4 is 4.90 Å². The summed E-state index contributed by atoms with van der Waals surface area (Å²) in [5.41, 5.74) is 0.774. The van der Waals surface area contributed by atoms with Gasteiger partial charge in [0.25, 0.3) is 0 Å². The maximum Gasteiger partial charge on any atom is 0.303 e. The van der Waals surface area contributed by atoms with Crippen LogP contribution in [0.2, 0.25) is 0 Å². The van der Waals surface area contributed by atoms with Crippen molar-refractivity contribution in [2.24, 2.45) is 5.92 Å². The van der Waals surface area contributed by atoms with E-state index in [1.165, 1.54) is 11.8 Å². The summed E-state index contributed by atoms with van der Waals surface area (Å²) in [5, 5.41) is 0. The van der Waals surface area contributed by atoms with E-state index in [1.807, 2.05) is 18.2 Å². The minimum atomic E-state index is -0.493. The van der Waals surface area contributed by atoms with E-state index in [9.17, 15) is 4.79 Å². The van der Waals surface area contributed by atoms with E-state index >= 15 is 0 Å². The van der Waals surface area contributed by atoms with Gasteiger partial charge in [-0.1, -0.05) is 37.3 Å². The highest BCUT2D eigenvalue weighted by molar-refractivity contribution is 5.67.